The minimum atomic E-state index is -0.954. The van der Waals surface area contributed by atoms with Gasteiger partial charge in [0.15, 0.2) is 0 Å². The van der Waals surface area contributed by atoms with Gasteiger partial charge in [0.2, 0.25) is 0 Å². The predicted molar refractivity (Wildman–Crippen MR) is 168 cm³/mol. The van der Waals surface area contributed by atoms with Crippen molar-refractivity contribution in [1.29, 1.82) is 0 Å². The maximum absolute atomic E-state index is 10.3. The van der Waals surface area contributed by atoms with Crippen molar-refractivity contribution in [1.82, 2.24) is 0 Å². The summed E-state index contributed by atoms with van der Waals surface area (Å²) in [6, 6.07) is 0. The zero-order valence-corrected chi connectivity index (χ0v) is 27.2. The number of carbonyl (C=O) groups is 1. The van der Waals surface area contributed by atoms with Crippen molar-refractivity contribution in [2.24, 2.45) is 5.92 Å². The Morgan fingerprint density at radius 2 is 0.614 bits per heavy atom. The smallest absolute Gasteiger partial charge is 0.303 e. The first-order valence-electron chi connectivity index (χ1n) is 15.7. The van der Waals surface area contributed by atoms with E-state index in [1.807, 2.05) is 0 Å². The van der Waals surface area contributed by atoms with Gasteiger partial charge in [0.05, 0.1) is 52.9 Å². The zero-order chi connectivity index (χ0) is 35.0. The molecule has 0 radical (unpaired) electrons. The van der Waals surface area contributed by atoms with E-state index >= 15 is 0 Å². The molecule has 0 atom stereocenters. The van der Waals surface area contributed by atoms with Gasteiger partial charge in [-0.1, -0.05) is 90.9 Å². The van der Waals surface area contributed by atoms with Crippen LogP contribution >= 0.6 is 0 Å². The Bertz CT molecular complexity index is 444. The summed E-state index contributed by atoms with van der Waals surface area (Å²) in [5.74, 6) is 0.212. The van der Waals surface area contributed by atoms with Crippen LogP contribution in [0.2, 0.25) is 0 Å². The Hall–Kier alpha value is -1.01. The molecular formula is C30H68O14. The quantitative estimate of drug-likeness (QED) is 0.0621. The molecule has 272 valence electrons. The highest BCUT2D eigenvalue weighted by molar-refractivity contribution is 5.66. The fraction of sp³-hybridized carbons (Fsp3) is 0.967. The Kier molecular flexibility index (Phi) is 55.4. The lowest BCUT2D eigenvalue weighted by atomic mass is 10.0. The molecule has 0 heterocycles. The Balaban J connectivity index is -0.000000171. The Labute approximate surface area is 264 Å². The summed E-state index contributed by atoms with van der Waals surface area (Å²) >= 11 is 0. The van der Waals surface area contributed by atoms with Gasteiger partial charge in [0, 0.05) is 6.42 Å². The molecule has 0 unspecified atom stereocenters. The first-order chi connectivity index (χ1) is 20.9. The number of carboxylic acid groups (broad SMARTS) is 1. The lowest BCUT2D eigenvalue weighted by Crippen LogP contribution is -2.15. The first kappa shape index (κ1) is 52.5. The third-order valence-corrected chi connectivity index (χ3v) is 5.61. The van der Waals surface area contributed by atoms with E-state index in [0.29, 0.717) is 6.42 Å². The normalized spacial score (nSPS) is 10.5. The fourth-order valence-corrected chi connectivity index (χ4v) is 2.83. The third kappa shape index (κ3) is 64.1. The number of aliphatic hydroxyl groups is 12. The number of unbranched alkanes of at least 4 members (excludes halogenated alkanes) is 11. The molecule has 0 aliphatic rings. The molecule has 0 aliphatic carbocycles. The van der Waals surface area contributed by atoms with E-state index in [2.05, 4.69) is 13.8 Å². The molecule has 0 fully saturated rings. The second-order valence-electron chi connectivity index (χ2n) is 10.6. The third-order valence-electron chi connectivity index (χ3n) is 5.61. The number of hydrogen-bond donors (Lipinski definition) is 13. The molecule has 0 aromatic rings. The molecule has 0 spiro atoms. The molecule has 0 saturated heterocycles. The second-order valence-corrected chi connectivity index (χ2v) is 10.6. The summed E-state index contributed by atoms with van der Waals surface area (Å²) in [4.78, 5) is 10.3. The van der Waals surface area contributed by atoms with Crippen LogP contribution in [0.5, 0.6) is 0 Å². The van der Waals surface area contributed by atoms with Crippen LogP contribution in [-0.4, -0.2) is 150 Å². The van der Waals surface area contributed by atoms with Gasteiger partial charge in [-0.25, -0.2) is 0 Å². The summed E-state index contributed by atoms with van der Waals surface area (Å²) in [6.45, 7) is 1.70. The van der Waals surface area contributed by atoms with Gasteiger partial charge in [-0.05, 0) is 12.3 Å². The van der Waals surface area contributed by atoms with Gasteiger partial charge >= 0.3 is 5.97 Å². The molecule has 0 saturated carbocycles. The summed E-state index contributed by atoms with van der Waals surface area (Å²) in [5.41, 5.74) is 0. The van der Waals surface area contributed by atoms with Crippen molar-refractivity contribution in [3.63, 3.8) is 0 Å². The first-order valence-corrected chi connectivity index (χ1v) is 15.7. The van der Waals surface area contributed by atoms with Crippen molar-refractivity contribution in [2.75, 3.05) is 52.9 Å². The average Bonchev–Trinajstić information content (AvgIpc) is 3.03. The largest absolute Gasteiger partial charge is 0.481 e. The predicted octanol–water partition coefficient (Wildman–Crippen LogP) is -0.484. The number of hydrogen-bond acceptors (Lipinski definition) is 13. The lowest BCUT2D eigenvalue weighted by Gasteiger charge is -2.04. The Morgan fingerprint density at radius 1 is 0.409 bits per heavy atom. The van der Waals surface area contributed by atoms with Gasteiger partial charge in [0.25, 0.3) is 0 Å². The minimum Gasteiger partial charge on any atom is -0.481 e. The van der Waals surface area contributed by atoms with Crippen LogP contribution in [0.1, 0.15) is 104 Å². The van der Waals surface area contributed by atoms with Gasteiger partial charge in [-0.2, -0.15) is 0 Å². The van der Waals surface area contributed by atoms with E-state index < -0.39 is 30.4 Å². The summed E-state index contributed by atoms with van der Waals surface area (Å²) < 4.78 is 0. The summed E-state index contributed by atoms with van der Waals surface area (Å²) in [5, 5.41) is 105. The molecule has 0 amide bonds. The highest BCUT2D eigenvalue weighted by atomic mass is 16.4. The van der Waals surface area contributed by atoms with Crippen molar-refractivity contribution in [2.45, 2.75) is 128 Å². The second kappa shape index (κ2) is 46.4. The SMILES string of the molecule is CC(C)CCCCCCCCCCCCCCC(=O)O.OCC(O)CO.OCC(O)CO.OCC(O)CO.OCC(O)CO. The van der Waals surface area contributed by atoms with Crippen molar-refractivity contribution in [3.05, 3.63) is 0 Å². The topological polar surface area (TPSA) is 280 Å². The van der Waals surface area contributed by atoms with Crippen LogP contribution in [0.15, 0.2) is 0 Å². The van der Waals surface area contributed by atoms with E-state index in [1.54, 1.807) is 0 Å². The lowest BCUT2D eigenvalue weighted by molar-refractivity contribution is -0.137. The van der Waals surface area contributed by atoms with E-state index in [1.165, 1.54) is 70.6 Å². The molecule has 0 aliphatic heterocycles. The van der Waals surface area contributed by atoms with Crippen LogP contribution in [0.4, 0.5) is 0 Å². The molecule has 14 nitrogen and oxygen atoms in total. The highest BCUT2D eigenvalue weighted by Crippen LogP contribution is 2.14. The number of carboxylic acids is 1. The van der Waals surface area contributed by atoms with Gasteiger partial charge in [0.1, 0.15) is 24.4 Å². The van der Waals surface area contributed by atoms with E-state index in [-0.39, 0.29) is 52.9 Å². The van der Waals surface area contributed by atoms with Crippen LogP contribution in [0, 0.1) is 5.92 Å². The highest BCUT2D eigenvalue weighted by Gasteiger charge is 1.98. The van der Waals surface area contributed by atoms with Crippen LogP contribution in [0.3, 0.4) is 0 Å². The monoisotopic (exact) mass is 652 g/mol. The van der Waals surface area contributed by atoms with Crippen LogP contribution in [0.25, 0.3) is 0 Å². The van der Waals surface area contributed by atoms with Crippen LogP contribution < -0.4 is 0 Å². The van der Waals surface area contributed by atoms with Crippen molar-refractivity contribution < 1.29 is 71.2 Å². The van der Waals surface area contributed by atoms with Crippen LogP contribution in [-0.2, 0) is 4.79 Å². The molecule has 14 heteroatoms. The molecule has 0 aromatic heterocycles. The zero-order valence-electron chi connectivity index (χ0n) is 27.2. The van der Waals surface area contributed by atoms with Crippen molar-refractivity contribution in [3.8, 4) is 0 Å². The standard InChI is InChI=1S/C18H36O2.4C3H8O3/c1-17(2)15-13-11-9-7-5-3-4-6-8-10-12-14-16-18(19)20;4*4-1-3(6)2-5/h17H,3-16H2,1-2H3,(H,19,20);4*3-6H,1-2H2. The fourth-order valence-electron chi connectivity index (χ4n) is 2.83. The molecule has 13 N–H and O–H groups in total. The molecule has 0 rings (SSSR count). The van der Waals surface area contributed by atoms with Gasteiger partial charge < -0.3 is 66.4 Å². The summed E-state index contributed by atoms with van der Waals surface area (Å²) in [6.07, 6.45) is 13.5. The van der Waals surface area contributed by atoms with Gasteiger partial charge in [-0.15, -0.1) is 0 Å². The van der Waals surface area contributed by atoms with Gasteiger partial charge in [-0.3, -0.25) is 4.79 Å². The molecular weight excluding hydrogens is 584 g/mol. The maximum atomic E-state index is 10.3. The molecule has 0 aromatic carbocycles. The van der Waals surface area contributed by atoms with Crippen molar-refractivity contribution >= 4 is 5.97 Å². The summed E-state index contributed by atoms with van der Waals surface area (Å²) in [7, 11) is 0. The molecule has 44 heavy (non-hydrogen) atoms. The van der Waals surface area contributed by atoms with E-state index in [9.17, 15) is 4.79 Å². The maximum Gasteiger partial charge on any atom is 0.303 e. The number of aliphatic carboxylic acids is 1. The molecule has 0 bridgehead atoms. The number of aliphatic hydroxyl groups excluding tert-OH is 12. The minimum absolute atomic E-state index is 0.344. The van der Waals surface area contributed by atoms with E-state index in [0.717, 1.165) is 18.8 Å². The van der Waals surface area contributed by atoms with E-state index in [4.69, 9.17) is 66.4 Å². The Morgan fingerprint density at radius 3 is 0.773 bits per heavy atom. The number of rotatable bonds is 23. The average molecular weight is 653 g/mol.